The quantitative estimate of drug-likeness (QED) is 0.166. The van der Waals surface area contributed by atoms with Crippen molar-refractivity contribution >= 4 is 49.8 Å². The minimum absolute atomic E-state index is 0.174. The van der Waals surface area contributed by atoms with E-state index in [1.807, 2.05) is 0 Å². The molecule has 0 aliphatic heterocycles. The Morgan fingerprint density at radius 2 is 0.875 bits per heavy atom. The fraction of sp³-hybridized carbons (Fsp3) is 0.0645. The highest BCUT2D eigenvalue weighted by atomic mass is 16.3. The van der Waals surface area contributed by atoms with Crippen molar-refractivity contribution in [3.8, 4) is 33.4 Å². The standard InChI is InChI=1S/C62H43NO/c1-61(2)53-28-14-11-24-46(53)48-34-32-44(38-55(48)61)63(57-30-16-13-26-50(57)51-27-17-31-58-60(51)52-36-40-18-9-10-19-41(40)37-59(52)64-58)45-33-35-49-47-25-12-15-29-54(47)62(56(49)39-45,42-20-5-3-6-21-42)43-22-7-4-8-23-43/h3-39H,1-2H3. The van der Waals surface area contributed by atoms with Crippen LogP contribution < -0.4 is 4.90 Å². The molecule has 10 aromatic carbocycles. The normalized spacial score (nSPS) is 14.0. The van der Waals surface area contributed by atoms with Crippen LogP contribution >= 0.6 is 0 Å². The first-order chi connectivity index (χ1) is 31.5. The third-order valence-electron chi connectivity index (χ3n) is 14.3. The summed E-state index contributed by atoms with van der Waals surface area (Å²) in [6.45, 7) is 4.74. The molecule has 2 heteroatoms. The minimum atomic E-state index is -0.540. The van der Waals surface area contributed by atoms with Crippen LogP contribution in [0.2, 0.25) is 0 Å². The number of rotatable bonds is 6. The van der Waals surface area contributed by atoms with Gasteiger partial charge in [-0.1, -0.05) is 190 Å². The zero-order valence-electron chi connectivity index (χ0n) is 35.7. The molecule has 302 valence electrons. The predicted molar refractivity (Wildman–Crippen MR) is 266 cm³/mol. The van der Waals surface area contributed by atoms with Gasteiger partial charge in [0.1, 0.15) is 11.2 Å². The van der Waals surface area contributed by atoms with Crippen LogP contribution in [0.25, 0.3) is 66.1 Å². The zero-order valence-corrected chi connectivity index (χ0v) is 35.7. The summed E-state index contributed by atoms with van der Waals surface area (Å²) >= 11 is 0. The van der Waals surface area contributed by atoms with Gasteiger partial charge in [-0.05, 0) is 121 Å². The van der Waals surface area contributed by atoms with Crippen LogP contribution in [0.1, 0.15) is 47.2 Å². The molecule has 2 aliphatic rings. The van der Waals surface area contributed by atoms with Crippen molar-refractivity contribution in [3.05, 3.63) is 258 Å². The van der Waals surface area contributed by atoms with E-state index in [1.165, 1.54) is 66.4 Å². The fourth-order valence-corrected chi connectivity index (χ4v) is 11.5. The second kappa shape index (κ2) is 13.8. The molecule has 64 heavy (non-hydrogen) atoms. The Hall–Kier alpha value is -7.94. The zero-order chi connectivity index (χ0) is 42.6. The number of para-hydroxylation sites is 1. The third-order valence-corrected chi connectivity index (χ3v) is 14.3. The number of nitrogens with zero attached hydrogens (tertiary/aromatic N) is 1. The number of anilines is 3. The lowest BCUT2D eigenvalue weighted by atomic mass is 9.67. The van der Waals surface area contributed by atoms with Crippen molar-refractivity contribution in [2.45, 2.75) is 24.7 Å². The smallest absolute Gasteiger partial charge is 0.136 e. The molecule has 13 rings (SSSR count). The molecule has 0 saturated heterocycles. The first-order valence-corrected chi connectivity index (χ1v) is 22.3. The first kappa shape index (κ1) is 36.7. The van der Waals surface area contributed by atoms with Gasteiger partial charge in [0, 0.05) is 33.1 Å². The Labute approximate surface area is 373 Å². The molecule has 11 aromatic rings. The van der Waals surface area contributed by atoms with Crippen LogP contribution in [0.4, 0.5) is 17.1 Å². The van der Waals surface area contributed by atoms with Gasteiger partial charge in [0.2, 0.25) is 0 Å². The molecule has 0 saturated carbocycles. The molecule has 0 N–H and O–H groups in total. The van der Waals surface area contributed by atoms with E-state index in [4.69, 9.17) is 4.42 Å². The lowest BCUT2D eigenvalue weighted by Crippen LogP contribution is -2.28. The summed E-state index contributed by atoms with van der Waals surface area (Å²) in [4.78, 5) is 2.51. The average Bonchev–Trinajstić information content (AvgIpc) is 3.94. The Kier molecular flexibility index (Phi) is 7.90. The highest BCUT2D eigenvalue weighted by Crippen LogP contribution is 2.58. The lowest BCUT2D eigenvalue weighted by Gasteiger charge is -2.35. The van der Waals surface area contributed by atoms with Crippen molar-refractivity contribution in [1.82, 2.24) is 0 Å². The number of furan rings is 1. The molecule has 1 aromatic heterocycles. The summed E-state index contributed by atoms with van der Waals surface area (Å²) in [7, 11) is 0. The number of hydrogen-bond donors (Lipinski definition) is 0. The molecule has 0 unspecified atom stereocenters. The van der Waals surface area contributed by atoms with Crippen LogP contribution in [-0.2, 0) is 10.8 Å². The monoisotopic (exact) mass is 817 g/mol. The molecule has 0 atom stereocenters. The van der Waals surface area contributed by atoms with E-state index >= 15 is 0 Å². The van der Waals surface area contributed by atoms with Gasteiger partial charge in [-0.2, -0.15) is 0 Å². The Morgan fingerprint density at radius 3 is 1.58 bits per heavy atom. The van der Waals surface area contributed by atoms with Crippen LogP contribution in [0.5, 0.6) is 0 Å². The molecule has 0 amide bonds. The van der Waals surface area contributed by atoms with E-state index in [1.54, 1.807) is 0 Å². The van der Waals surface area contributed by atoms with Crippen molar-refractivity contribution in [2.75, 3.05) is 4.90 Å². The SMILES string of the molecule is CC1(C)c2ccccc2-c2ccc(N(c3ccc4c(c3)C(c3ccccc3)(c3ccccc3)c3ccccc3-4)c3ccccc3-c3cccc4oc5cc6ccccc6cc5c34)cc21. The van der Waals surface area contributed by atoms with E-state index < -0.39 is 5.41 Å². The van der Waals surface area contributed by atoms with Crippen molar-refractivity contribution in [1.29, 1.82) is 0 Å². The van der Waals surface area contributed by atoms with Crippen LogP contribution in [0.3, 0.4) is 0 Å². The molecule has 0 fully saturated rings. The van der Waals surface area contributed by atoms with Crippen LogP contribution in [0, 0.1) is 0 Å². The van der Waals surface area contributed by atoms with E-state index in [0.29, 0.717) is 0 Å². The van der Waals surface area contributed by atoms with Crippen LogP contribution in [-0.4, -0.2) is 0 Å². The van der Waals surface area contributed by atoms with Gasteiger partial charge in [0.05, 0.1) is 11.1 Å². The van der Waals surface area contributed by atoms with Crippen molar-refractivity contribution < 1.29 is 4.42 Å². The Bertz CT molecular complexity index is 3610. The number of fused-ring (bicyclic) bond motifs is 10. The first-order valence-electron chi connectivity index (χ1n) is 22.3. The van der Waals surface area contributed by atoms with E-state index in [2.05, 4.69) is 243 Å². The second-order valence-corrected chi connectivity index (χ2v) is 18.0. The van der Waals surface area contributed by atoms with Gasteiger partial charge >= 0.3 is 0 Å². The minimum Gasteiger partial charge on any atom is -0.456 e. The van der Waals surface area contributed by atoms with Gasteiger partial charge in [-0.3, -0.25) is 0 Å². The summed E-state index contributed by atoms with van der Waals surface area (Å²) in [5, 5.41) is 4.61. The molecule has 0 spiro atoms. The lowest BCUT2D eigenvalue weighted by molar-refractivity contribution is 0.660. The molecule has 0 radical (unpaired) electrons. The molecule has 2 aliphatic carbocycles. The number of benzene rings is 10. The predicted octanol–water partition coefficient (Wildman–Crippen LogP) is 16.5. The Balaban J connectivity index is 1.10. The topological polar surface area (TPSA) is 16.4 Å². The van der Waals surface area contributed by atoms with E-state index in [0.717, 1.165) is 50.1 Å². The molecule has 0 bridgehead atoms. The highest BCUT2D eigenvalue weighted by molar-refractivity contribution is 6.16. The maximum absolute atomic E-state index is 6.67. The van der Waals surface area contributed by atoms with E-state index in [-0.39, 0.29) is 5.41 Å². The van der Waals surface area contributed by atoms with Gasteiger partial charge in [-0.25, -0.2) is 0 Å². The largest absolute Gasteiger partial charge is 0.456 e. The van der Waals surface area contributed by atoms with E-state index in [9.17, 15) is 0 Å². The third kappa shape index (κ3) is 5.14. The van der Waals surface area contributed by atoms with Gasteiger partial charge in [0.25, 0.3) is 0 Å². The second-order valence-electron chi connectivity index (χ2n) is 18.0. The highest BCUT2D eigenvalue weighted by Gasteiger charge is 2.46. The summed E-state index contributed by atoms with van der Waals surface area (Å²) < 4.78 is 6.67. The maximum atomic E-state index is 6.67. The van der Waals surface area contributed by atoms with Gasteiger partial charge < -0.3 is 9.32 Å². The summed E-state index contributed by atoms with van der Waals surface area (Å²) in [6.07, 6.45) is 0. The molecular weight excluding hydrogens is 775 g/mol. The molecular formula is C62H43NO. The molecule has 1 heterocycles. The summed E-state index contributed by atoms with van der Waals surface area (Å²) in [6, 6.07) is 82.9. The van der Waals surface area contributed by atoms with Gasteiger partial charge in [0.15, 0.2) is 0 Å². The average molecular weight is 818 g/mol. The summed E-state index contributed by atoms with van der Waals surface area (Å²) in [5.41, 5.74) is 19.6. The summed E-state index contributed by atoms with van der Waals surface area (Å²) in [5.74, 6) is 0. The number of hydrogen-bond acceptors (Lipinski definition) is 2. The van der Waals surface area contributed by atoms with Crippen molar-refractivity contribution in [2.24, 2.45) is 0 Å². The fourth-order valence-electron chi connectivity index (χ4n) is 11.5. The Morgan fingerprint density at radius 1 is 0.359 bits per heavy atom. The maximum Gasteiger partial charge on any atom is 0.136 e. The van der Waals surface area contributed by atoms with Crippen molar-refractivity contribution in [3.63, 3.8) is 0 Å². The van der Waals surface area contributed by atoms with Crippen LogP contribution in [0.15, 0.2) is 229 Å². The molecule has 2 nitrogen and oxygen atoms in total. The van der Waals surface area contributed by atoms with Gasteiger partial charge in [-0.15, -0.1) is 0 Å².